The van der Waals surface area contributed by atoms with E-state index in [1.807, 2.05) is 6.92 Å². The van der Waals surface area contributed by atoms with Crippen LogP contribution in [0.3, 0.4) is 0 Å². The van der Waals surface area contributed by atoms with Crippen molar-refractivity contribution >= 4 is 0 Å². The van der Waals surface area contributed by atoms with Gasteiger partial charge in [0.05, 0.1) is 12.1 Å². The van der Waals surface area contributed by atoms with Gasteiger partial charge in [-0.2, -0.15) is 4.98 Å². The van der Waals surface area contributed by atoms with Gasteiger partial charge in [0, 0.05) is 13.1 Å². The number of aliphatic hydroxyl groups excluding tert-OH is 1. The second kappa shape index (κ2) is 6.06. The fraction of sp³-hybridized carbons (Fsp3) is 0.556. The van der Waals surface area contributed by atoms with Gasteiger partial charge in [-0.1, -0.05) is 29.4 Å². The summed E-state index contributed by atoms with van der Waals surface area (Å²) in [6, 6.07) is 8.81. The number of benzene rings is 1. The molecule has 4 rings (SSSR count). The third kappa shape index (κ3) is 3.03. The van der Waals surface area contributed by atoms with Crippen molar-refractivity contribution in [2.24, 2.45) is 5.92 Å². The number of rotatable bonds is 3. The normalized spacial score (nSPS) is 28.0. The lowest BCUT2D eigenvalue weighted by Gasteiger charge is -2.30. The third-order valence-corrected chi connectivity index (χ3v) is 5.15. The monoisotopic (exact) mass is 313 g/mol. The summed E-state index contributed by atoms with van der Waals surface area (Å²) in [5, 5.41) is 14.0. The first kappa shape index (κ1) is 14.8. The van der Waals surface area contributed by atoms with Crippen molar-refractivity contribution < 1.29 is 9.63 Å². The molecule has 1 aliphatic carbocycles. The summed E-state index contributed by atoms with van der Waals surface area (Å²) in [6.45, 7) is 3.52. The first-order chi connectivity index (χ1) is 11.2. The largest absolute Gasteiger partial charge is 0.392 e. The molecular weight excluding hydrogens is 290 g/mol. The van der Waals surface area contributed by atoms with E-state index in [4.69, 9.17) is 4.52 Å². The minimum Gasteiger partial charge on any atom is -0.392 e. The molecule has 1 aromatic carbocycles. The fourth-order valence-electron chi connectivity index (χ4n) is 4.05. The van der Waals surface area contributed by atoms with Gasteiger partial charge in [0.15, 0.2) is 5.82 Å². The van der Waals surface area contributed by atoms with E-state index in [9.17, 15) is 5.11 Å². The topological polar surface area (TPSA) is 62.4 Å². The van der Waals surface area contributed by atoms with Gasteiger partial charge in [0.2, 0.25) is 5.89 Å². The van der Waals surface area contributed by atoms with Gasteiger partial charge in [0.25, 0.3) is 0 Å². The second-order valence-electron chi connectivity index (χ2n) is 6.92. The maximum atomic E-state index is 10.1. The molecule has 2 aromatic rings. The lowest BCUT2D eigenvalue weighted by Crippen LogP contribution is -2.33. The number of aromatic nitrogens is 2. The number of aliphatic hydroxyl groups is 1. The van der Waals surface area contributed by atoms with Crippen LogP contribution in [-0.4, -0.2) is 39.3 Å². The zero-order chi connectivity index (χ0) is 15.8. The molecule has 5 heteroatoms. The molecule has 0 radical (unpaired) electrons. The van der Waals surface area contributed by atoms with E-state index in [0.29, 0.717) is 30.6 Å². The molecule has 2 aliphatic rings. The standard InChI is InChI=1S/C18H23N3O2/c1-12-19-18(23-20-12)17-9-16(22)11-21(17)10-13-6-7-14-4-2-3-5-15(14)8-13/h2-5,13,16-17,22H,6-11H2,1H3/t13-,16-,17+/m0/s1. The average Bonchev–Trinajstić information content (AvgIpc) is 3.13. The SMILES string of the molecule is Cc1noc([C@H]2C[C@H](O)CN2C[C@H]2CCc3ccccc3C2)n1. The van der Waals surface area contributed by atoms with Crippen LogP contribution < -0.4 is 0 Å². The van der Waals surface area contributed by atoms with E-state index >= 15 is 0 Å². The van der Waals surface area contributed by atoms with Gasteiger partial charge >= 0.3 is 0 Å². The lowest BCUT2D eigenvalue weighted by atomic mass is 9.83. The highest BCUT2D eigenvalue weighted by atomic mass is 16.5. The van der Waals surface area contributed by atoms with Crippen LogP contribution in [0.2, 0.25) is 0 Å². The van der Waals surface area contributed by atoms with E-state index in [1.54, 1.807) is 0 Å². The average molecular weight is 313 g/mol. The number of β-amino-alcohol motifs (C(OH)–C–C–N with tert-alkyl or cyclic N) is 1. The Bertz CT molecular complexity index is 684. The summed E-state index contributed by atoms with van der Waals surface area (Å²) in [5.74, 6) is 1.94. The van der Waals surface area contributed by atoms with Crippen LogP contribution in [0.5, 0.6) is 0 Å². The van der Waals surface area contributed by atoms with Crippen LogP contribution >= 0.6 is 0 Å². The molecule has 23 heavy (non-hydrogen) atoms. The predicted octanol–water partition coefficient (Wildman–Crippen LogP) is 2.29. The van der Waals surface area contributed by atoms with Crippen molar-refractivity contribution in [2.45, 2.75) is 44.8 Å². The van der Waals surface area contributed by atoms with Crippen LogP contribution in [0, 0.1) is 12.8 Å². The molecule has 0 saturated carbocycles. The quantitative estimate of drug-likeness (QED) is 0.942. The van der Waals surface area contributed by atoms with Gasteiger partial charge in [-0.05, 0) is 49.7 Å². The maximum absolute atomic E-state index is 10.1. The number of hydrogen-bond acceptors (Lipinski definition) is 5. The molecule has 1 aromatic heterocycles. The van der Waals surface area contributed by atoms with E-state index in [1.165, 1.54) is 17.5 Å². The highest BCUT2D eigenvalue weighted by molar-refractivity contribution is 5.29. The molecule has 0 bridgehead atoms. The molecular formula is C18H23N3O2. The Morgan fingerprint density at radius 3 is 2.91 bits per heavy atom. The number of hydrogen-bond donors (Lipinski definition) is 1. The van der Waals surface area contributed by atoms with E-state index in [2.05, 4.69) is 39.3 Å². The predicted molar refractivity (Wildman–Crippen MR) is 85.9 cm³/mol. The van der Waals surface area contributed by atoms with Gasteiger partial charge < -0.3 is 9.63 Å². The van der Waals surface area contributed by atoms with Gasteiger partial charge in [-0.3, -0.25) is 4.90 Å². The second-order valence-corrected chi connectivity index (χ2v) is 6.92. The fourth-order valence-corrected chi connectivity index (χ4v) is 4.05. The molecule has 1 N–H and O–H groups in total. The number of fused-ring (bicyclic) bond motifs is 1. The van der Waals surface area contributed by atoms with E-state index < -0.39 is 0 Å². The van der Waals surface area contributed by atoms with Crippen LogP contribution in [0.4, 0.5) is 0 Å². The first-order valence-electron chi connectivity index (χ1n) is 8.48. The van der Waals surface area contributed by atoms with Crippen LogP contribution in [0.1, 0.15) is 41.7 Å². The molecule has 1 fully saturated rings. The molecule has 0 amide bonds. The van der Waals surface area contributed by atoms with Gasteiger partial charge in [0.1, 0.15) is 0 Å². The molecule has 0 unspecified atom stereocenters. The van der Waals surface area contributed by atoms with Crippen molar-refractivity contribution in [1.29, 1.82) is 0 Å². The van der Waals surface area contributed by atoms with Crippen molar-refractivity contribution in [3.05, 3.63) is 47.1 Å². The number of likely N-dealkylation sites (tertiary alicyclic amines) is 1. The van der Waals surface area contributed by atoms with Crippen LogP contribution in [-0.2, 0) is 12.8 Å². The molecule has 5 nitrogen and oxygen atoms in total. The zero-order valence-corrected chi connectivity index (χ0v) is 13.5. The Morgan fingerprint density at radius 2 is 2.13 bits per heavy atom. The number of aryl methyl sites for hydroxylation is 2. The highest BCUT2D eigenvalue weighted by Crippen LogP contribution is 2.34. The molecule has 2 heterocycles. The van der Waals surface area contributed by atoms with Crippen molar-refractivity contribution in [3.8, 4) is 0 Å². The molecule has 0 spiro atoms. The Hall–Kier alpha value is -1.72. The van der Waals surface area contributed by atoms with Gasteiger partial charge in [-0.25, -0.2) is 0 Å². The third-order valence-electron chi connectivity index (χ3n) is 5.15. The van der Waals surface area contributed by atoms with Crippen LogP contribution in [0.15, 0.2) is 28.8 Å². The highest BCUT2D eigenvalue weighted by Gasteiger charge is 2.37. The smallest absolute Gasteiger partial charge is 0.244 e. The van der Waals surface area contributed by atoms with Crippen molar-refractivity contribution in [3.63, 3.8) is 0 Å². The minimum absolute atomic E-state index is 0.0587. The Balaban J connectivity index is 1.47. The Morgan fingerprint density at radius 1 is 1.30 bits per heavy atom. The summed E-state index contributed by atoms with van der Waals surface area (Å²) in [7, 11) is 0. The van der Waals surface area contributed by atoms with Crippen molar-refractivity contribution in [1.82, 2.24) is 15.0 Å². The zero-order valence-electron chi connectivity index (χ0n) is 13.5. The molecule has 122 valence electrons. The first-order valence-corrected chi connectivity index (χ1v) is 8.48. The van der Waals surface area contributed by atoms with Crippen molar-refractivity contribution in [2.75, 3.05) is 13.1 Å². The minimum atomic E-state index is -0.303. The number of nitrogens with zero attached hydrogens (tertiary/aromatic N) is 3. The van der Waals surface area contributed by atoms with E-state index in [-0.39, 0.29) is 12.1 Å². The molecule has 1 aliphatic heterocycles. The summed E-state index contributed by atoms with van der Waals surface area (Å²) < 4.78 is 5.36. The molecule has 1 saturated heterocycles. The summed E-state index contributed by atoms with van der Waals surface area (Å²) >= 11 is 0. The summed E-state index contributed by atoms with van der Waals surface area (Å²) in [6.07, 6.45) is 3.87. The van der Waals surface area contributed by atoms with Gasteiger partial charge in [-0.15, -0.1) is 0 Å². The Labute approximate surface area is 136 Å². The summed E-state index contributed by atoms with van der Waals surface area (Å²) in [5.41, 5.74) is 2.97. The molecule has 3 atom stereocenters. The summed E-state index contributed by atoms with van der Waals surface area (Å²) in [4.78, 5) is 6.71. The Kier molecular flexibility index (Phi) is 3.91. The maximum Gasteiger partial charge on any atom is 0.244 e. The van der Waals surface area contributed by atoms with Crippen LogP contribution in [0.25, 0.3) is 0 Å². The van der Waals surface area contributed by atoms with E-state index in [0.717, 1.165) is 19.4 Å². The lowest BCUT2D eigenvalue weighted by molar-refractivity contribution is 0.154.